The molecule has 2 N–H and O–H groups in total. The van der Waals surface area contributed by atoms with Gasteiger partial charge in [0, 0.05) is 18.7 Å². The first kappa shape index (κ1) is 12.4. The minimum Gasteiger partial charge on any atom is -0.484 e. The second-order valence-electron chi connectivity index (χ2n) is 4.27. The van der Waals surface area contributed by atoms with Gasteiger partial charge in [-0.25, -0.2) is 0 Å². The highest BCUT2D eigenvalue weighted by Crippen LogP contribution is 2.13. The Balaban J connectivity index is 1.86. The van der Waals surface area contributed by atoms with Crippen molar-refractivity contribution >= 4 is 11.8 Å². The molecule has 0 aromatic heterocycles. The van der Waals surface area contributed by atoms with E-state index in [4.69, 9.17) is 10.5 Å². The van der Waals surface area contributed by atoms with Crippen molar-refractivity contribution in [1.82, 2.24) is 4.90 Å². The van der Waals surface area contributed by atoms with Gasteiger partial charge in [-0.1, -0.05) is 0 Å². The van der Waals surface area contributed by atoms with Crippen LogP contribution in [0.15, 0.2) is 24.3 Å². The summed E-state index contributed by atoms with van der Waals surface area (Å²) in [5, 5.41) is 0. The third kappa shape index (κ3) is 3.00. The number of hydrogen-bond donors (Lipinski definition) is 1. The van der Waals surface area contributed by atoms with Gasteiger partial charge in [-0.15, -0.1) is 0 Å². The maximum Gasteiger partial charge on any atom is 0.260 e. The predicted molar refractivity (Wildman–Crippen MR) is 66.3 cm³/mol. The number of amides is 2. The van der Waals surface area contributed by atoms with E-state index in [1.54, 1.807) is 29.2 Å². The molecule has 1 aromatic carbocycles. The van der Waals surface area contributed by atoms with E-state index >= 15 is 0 Å². The number of benzene rings is 1. The fraction of sp³-hybridized carbons (Fsp3) is 0.385. The van der Waals surface area contributed by atoms with Gasteiger partial charge in [-0.05, 0) is 37.1 Å². The van der Waals surface area contributed by atoms with Crippen molar-refractivity contribution in [3.63, 3.8) is 0 Å². The third-order valence-electron chi connectivity index (χ3n) is 2.96. The van der Waals surface area contributed by atoms with E-state index in [1.807, 2.05) is 0 Å². The van der Waals surface area contributed by atoms with E-state index in [1.165, 1.54) is 0 Å². The lowest BCUT2D eigenvalue weighted by Crippen LogP contribution is -2.32. The monoisotopic (exact) mass is 248 g/mol. The number of ether oxygens (including phenoxy) is 1. The van der Waals surface area contributed by atoms with Crippen molar-refractivity contribution in [2.24, 2.45) is 5.73 Å². The van der Waals surface area contributed by atoms with Crippen molar-refractivity contribution in [1.29, 1.82) is 0 Å². The third-order valence-corrected chi connectivity index (χ3v) is 2.96. The molecule has 0 unspecified atom stereocenters. The Labute approximate surface area is 106 Å². The van der Waals surface area contributed by atoms with Gasteiger partial charge in [-0.3, -0.25) is 9.59 Å². The fourth-order valence-corrected chi connectivity index (χ4v) is 1.92. The molecule has 5 nitrogen and oxygen atoms in total. The van der Waals surface area contributed by atoms with Gasteiger partial charge in [0.25, 0.3) is 5.91 Å². The van der Waals surface area contributed by atoms with Gasteiger partial charge < -0.3 is 15.4 Å². The lowest BCUT2D eigenvalue weighted by molar-refractivity contribution is -0.132. The van der Waals surface area contributed by atoms with Crippen molar-refractivity contribution in [2.45, 2.75) is 12.8 Å². The molecule has 18 heavy (non-hydrogen) atoms. The maximum absolute atomic E-state index is 11.7. The highest BCUT2D eigenvalue weighted by atomic mass is 16.5. The van der Waals surface area contributed by atoms with Crippen molar-refractivity contribution in [3.05, 3.63) is 29.8 Å². The summed E-state index contributed by atoms with van der Waals surface area (Å²) in [4.78, 5) is 24.4. The fourth-order valence-electron chi connectivity index (χ4n) is 1.92. The molecule has 0 bridgehead atoms. The Bertz CT molecular complexity index is 436. The Morgan fingerprint density at radius 2 is 1.78 bits per heavy atom. The largest absolute Gasteiger partial charge is 0.484 e. The number of nitrogens with zero attached hydrogens (tertiary/aromatic N) is 1. The van der Waals surface area contributed by atoms with Gasteiger partial charge in [0.2, 0.25) is 5.91 Å². The Morgan fingerprint density at radius 1 is 1.17 bits per heavy atom. The summed E-state index contributed by atoms with van der Waals surface area (Å²) in [7, 11) is 0. The molecule has 1 aromatic rings. The number of primary amides is 1. The molecule has 5 heteroatoms. The molecular weight excluding hydrogens is 232 g/mol. The number of nitrogens with two attached hydrogens (primary N) is 1. The molecule has 1 saturated heterocycles. The average molecular weight is 248 g/mol. The van der Waals surface area contributed by atoms with Crippen LogP contribution in [0.5, 0.6) is 5.75 Å². The molecule has 1 aliphatic rings. The first-order valence-electron chi connectivity index (χ1n) is 5.97. The first-order chi connectivity index (χ1) is 8.66. The molecule has 1 fully saturated rings. The van der Waals surface area contributed by atoms with E-state index in [9.17, 15) is 9.59 Å². The predicted octanol–water partition coefficient (Wildman–Crippen LogP) is 0.787. The van der Waals surface area contributed by atoms with Crippen LogP contribution in [-0.2, 0) is 4.79 Å². The topological polar surface area (TPSA) is 72.6 Å². The second kappa shape index (κ2) is 5.53. The maximum atomic E-state index is 11.7. The van der Waals surface area contributed by atoms with Gasteiger partial charge in [0.05, 0.1) is 0 Å². The summed E-state index contributed by atoms with van der Waals surface area (Å²) in [6.07, 6.45) is 2.14. The first-order valence-corrected chi connectivity index (χ1v) is 5.97. The number of hydrogen-bond acceptors (Lipinski definition) is 3. The van der Waals surface area contributed by atoms with Crippen LogP contribution in [-0.4, -0.2) is 36.4 Å². The normalized spacial score (nSPS) is 14.6. The molecule has 0 aliphatic carbocycles. The molecule has 0 atom stereocenters. The molecule has 2 rings (SSSR count). The molecular formula is C13H16N2O3. The summed E-state index contributed by atoms with van der Waals surface area (Å²) in [5.41, 5.74) is 5.55. The van der Waals surface area contributed by atoms with Crippen molar-refractivity contribution < 1.29 is 14.3 Å². The van der Waals surface area contributed by atoms with Gasteiger partial charge in [0.15, 0.2) is 6.61 Å². The highest BCUT2D eigenvalue weighted by molar-refractivity contribution is 5.92. The number of likely N-dealkylation sites (tertiary alicyclic amines) is 1. The van der Waals surface area contributed by atoms with Gasteiger partial charge in [0.1, 0.15) is 5.75 Å². The summed E-state index contributed by atoms with van der Waals surface area (Å²) in [5.74, 6) is 0.0914. The average Bonchev–Trinajstić information content (AvgIpc) is 2.90. The lowest BCUT2D eigenvalue weighted by Gasteiger charge is -2.15. The van der Waals surface area contributed by atoms with Crippen LogP contribution in [0.25, 0.3) is 0 Å². The smallest absolute Gasteiger partial charge is 0.260 e. The summed E-state index contributed by atoms with van der Waals surface area (Å²) in [6, 6.07) is 6.44. The van der Waals surface area contributed by atoms with Crippen molar-refractivity contribution in [2.75, 3.05) is 19.7 Å². The van der Waals surface area contributed by atoms with E-state index < -0.39 is 5.91 Å². The molecule has 1 aliphatic heterocycles. The van der Waals surface area contributed by atoms with Crippen LogP contribution in [0.4, 0.5) is 0 Å². The standard InChI is InChI=1S/C13H16N2O3/c14-13(17)10-3-5-11(6-4-10)18-9-12(16)15-7-1-2-8-15/h3-6H,1-2,7-9H2,(H2,14,17). The summed E-state index contributed by atoms with van der Waals surface area (Å²) < 4.78 is 5.37. The van der Waals surface area contributed by atoms with Crippen LogP contribution in [0, 0.1) is 0 Å². The molecule has 0 saturated carbocycles. The Morgan fingerprint density at radius 3 is 2.33 bits per heavy atom. The number of rotatable bonds is 4. The molecule has 0 radical (unpaired) electrons. The van der Waals surface area contributed by atoms with Crippen molar-refractivity contribution in [3.8, 4) is 5.75 Å². The zero-order valence-corrected chi connectivity index (χ0v) is 10.1. The van der Waals surface area contributed by atoms with E-state index in [2.05, 4.69) is 0 Å². The summed E-state index contributed by atoms with van der Waals surface area (Å²) >= 11 is 0. The number of carbonyl (C=O) groups is 2. The lowest BCUT2D eigenvalue weighted by atomic mass is 10.2. The molecule has 0 spiro atoms. The Hall–Kier alpha value is -2.04. The molecule has 1 heterocycles. The van der Waals surface area contributed by atoms with Gasteiger partial charge >= 0.3 is 0 Å². The van der Waals surface area contributed by atoms with Gasteiger partial charge in [-0.2, -0.15) is 0 Å². The number of carbonyl (C=O) groups excluding carboxylic acids is 2. The van der Waals surface area contributed by atoms with E-state index in [0.29, 0.717) is 11.3 Å². The second-order valence-corrected chi connectivity index (χ2v) is 4.27. The zero-order valence-electron chi connectivity index (χ0n) is 10.1. The van der Waals surface area contributed by atoms with E-state index in [-0.39, 0.29) is 12.5 Å². The van der Waals surface area contributed by atoms with Crippen LogP contribution < -0.4 is 10.5 Å². The molecule has 96 valence electrons. The minimum atomic E-state index is -0.477. The summed E-state index contributed by atoms with van der Waals surface area (Å²) in [6.45, 7) is 1.68. The molecule has 2 amide bonds. The van der Waals surface area contributed by atoms with Crippen LogP contribution in [0.1, 0.15) is 23.2 Å². The van der Waals surface area contributed by atoms with E-state index in [0.717, 1.165) is 25.9 Å². The zero-order chi connectivity index (χ0) is 13.0. The highest BCUT2D eigenvalue weighted by Gasteiger charge is 2.17. The van der Waals surface area contributed by atoms with Crippen LogP contribution >= 0.6 is 0 Å². The van der Waals surface area contributed by atoms with Crippen LogP contribution in [0.3, 0.4) is 0 Å². The Kier molecular flexibility index (Phi) is 3.82. The minimum absolute atomic E-state index is 0.00600. The van der Waals surface area contributed by atoms with Crippen LogP contribution in [0.2, 0.25) is 0 Å². The SMILES string of the molecule is NC(=O)c1ccc(OCC(=O)N2CCCC2)cc1. The quantitative estimate of drug-likeness (QED) is 0.856.